The van der Waals surface area contributed by atoms with Crippen LogP contribution < -0.4 is 4.90 Å². The van der Waals surface area contributed by atoms with Crippen LogP contribution in [0.25, 0.3) is 0 Å². The maximum atomic E-state index is 13.9. The number of aromatic carboxylic acids is 1. The smallest absolute Gasteiger partial charge is 0.338 e. The van der Waals surface area contributed by atoms with Crippen molar-refractivity contribution in [3.05, 3.63) is 28.0 Å². The Morgan fingerprint density at radius 1 is 1.47 bits per heavy atom. The molecule has 0 bridgehead atoms. The molecular weight excluding hydrogens is 293 g/mol. The van der Waals surface area contributed by atoms with Crippen molar-refractivity contribution in [2.24, 2.45) is 0 Å². The third kappa shape index (κ3) is 2.17. The summed E-state index contributed by atoms with van der Waals surface area (Å²) in [6.45, 7) is 0.422. The van der Waals surface area contributed by atoms with E-state index in [-0.39, 0.29) is 11.6 Å². The van der Waals surface area contributed by atoms with Crippen LogP contribution in [0.4, 0.5) is 10.1 Å². The van der Waals surface area contributed by atoms with Crippen LogP contribution in [-0.2, 0) is 4.79 Å². The number of benzene rings is 1. The van der Waals surface area contributed by atoms with Crippen molar-refractivity contribution < 1.29 is 19.1 Å². The molecule has 0 aromatic heterocycles. The number of hydrogen-bond acceptors (Lipinski definition) is 2. The lowest BCUT2D eigenvalue weighted by Gasteiger charge is -2.17. The molecular formula is C11H9BrFNO3. The summed E-state index contributed by atoms with van der Waals surface area (Å²) in [5.74, 6) is -2.40. The van der Waals surface area contributed by atoms with Gasteiger partial charge in [-0.15, -0.1) is 0 Å². The second kappa shape index (κ2) is 4.44. The molecule has 1 saturated heterocycles. The van der Waals surface area contributed by atoms with Gasteiger partial charge in [0.05, 0.1) is 11.3 Å². The number of anilines is 1. The zero-order chi connectivity index (χ0) is 12.6. The Bertz CT molecular complexity index is 504. The predicted octanol–water partition coefficient (Wildman–Crippen LogP) is 2.41. The van der Waals surface area contributed by atoms with E-state index in [4.69, 9.17) is 5.11 Å². The number of hydrogen-bond donors (Lipinski definition) is 1. The lowest BCUT2D eigenvalue weighted by Crippen LogP contribution is -2.25. The highest BCUT2D eigenvalue weighted by Gasteiger charge is 2.27. The van der Waals surface area contributed by atoms with Crippen molar-refractivity contribution in [2.75, 3.05) is 11.4 Å². The molecule has 1 aliphatic heterocycles. The summed E-state index contributed by atoms with van der Waals surface area (Å²) in [4.78, 5) is 23.7. The SMILES string of the molecule is O=C(O)c1cc(Br)cc(N2CCCC2=O)c1F. The maximum Gasteiger partial charge on any atom is 0.338 e. The van der Waals surface area contributed by atoms with Crippen LogP contribution in [0.15, 0.2) is 16.6 Å². The van der Waals surface area contributed by atoms with Crippen molar-refractivity contribution >= 4 is 33.5 Å². The first-order valence-electron chi connectivity index (χ1n) is 5.03. The van der Waals surface area contributed by atoms with E-state index in [9.17, 15) is 14.0 Å². The summed E-state index contributed by atoms with van der Waals surface area (Å²) < 4.78 is 14.4. The number of rotatable bonds is 2. The van der Waals surface area contributed by atoms with Gasteiger partial charge >= 0.3 is 5.97 Å². The minimum atomic E-state index is -1.35. The fraction of sp³-hybridized carbons (Fsp3) is 0.273. The van der Waals surface area contributed by atoms with Crippen LogP contribution in [0.3, 0.4) is 0 Å². The zero-order valence-electron chi connectivity index (χ0n) is 8.74. The van der Waals surface area contributed by atoms with Gasteiger partial charge in [0.2, 0.25) is 5.91 Å². The van der Waals surface area contributed by atoms with Crippen LogP contribution in [-0.4, -0.2) is 23.5 Å². The summed E-state index contributed by atoms with van der Waals surface area (Å²) >= 11 is 3.11. The third-order valence-corrected chi connectivity index (χ3v) is 3.07. The monoisotopic (exact) mass is 301 g/mol. The second-order valence-corrected chi connectivity index (χ2v) is 4.66. The lowest BCUT2D eigenvalue weighted by atomic mass is 10.1. The summed E-state index contributed by atoms with van der Waals surface area (Å²) in [6, 6.07) is 2.60. The van der Waals surface area contributed by atoms with E-state index in [1.807, 2.05) is 0 Å². The van der Waals surface area contributed by atoms with E-state index < -0.39 is 17.3 Å². The number of carboxylic acids is 1. The Labute approximate surface area is 105 Å². The van der Waals surface area contributed by atoms with Crippen molar-refractivity contribution in [3.63, 3.8) is 0 Å². The Balaban J connectivity index is 2.53. The van der Waals surface area contributed by atoms with Crippen molar-refractivity contribution in [2.45, 2.75) is 12.8 Å². The van der Waals surface area contributed by atoms with Crippen molar-refractivity contribution in [1.82, 2.24) is 0 Å². The highest BCUT2D eigenvalue weighted by molar-refractivity contribution is 9.10. The van der Waals surface area contributed by atoms with Crippen molar-refractivity contribution in [1.29, 1.82) is 0 Å². The molecule has 0 unspecified atom stereocenters. The molecule has 1 aromatic carbocycles. The lowest BCUT2D eigenvalue weighted by molar-refractivity contribution is -0.117. The van der Waals surface area contributed by atoms with Gasteiger partial charge in [0, 0.05) is 17.4 Å². The van der Waals surface area contributed by atoms with E-state index in [1.165, 1.54) is 17.0 Å². The molecule has 2 rings (SSSR count). The third-order valence-electron chi connectivity index (χ3n) is 2.61. The molecule has 1 aromatic rings. The molecule has 1 N–H and O–H groups in total. The molecule has 0 saturated carbocycles. The van der Waals surface area contributed by atoms with E-state index in [1.54, 1.807) is 0 Å². The van der Waals surface area contributed by atoms with Crippen LogP contribution in [0, 0.1) is 5.82 Å². The molecule has 17 heavy (non-hydrogen) atoms. The van der Waals surface area contributed by atoms with Crippen LogP contribution in [0.2, 0.25) is 0 Å². The average Bonchev–Trinajstić information content (AvgIpc) is 2.67. The molecule has 0 atom stereocenters. The van der Waals surface area contributed by atoms with Gasteiger partial charge in [-0.1, -0.05) is 15.9 Å². The Morgan fingerprint density at radius 2 is 2.18 bits per heavy atom. The van der Waals surface area contributed by atoms with Gasteiger partial charge in [0.1, 0.15) is 0 Å². The first-order chi connectivity index (χ1) is 8.00. The Morgan fingerprint density at radius 3 is 2.71 bits per heavy atom. The number of carbonyl (C=O) groups excluding carboxylic acids is 1. The van der Waals surface area contributed by atoms with Gasteiger partial charge in [-0.2, -0.15) is 0 Å². The highest BCUT2D eigenvalue weighted by Crippen LogP contribution is 2.30. The molecule has 6 heteroatoms. The normalized spacial score (nSPS) is 15.4. The van der Waals surface area contributed by atoms with Gasteiger partial charge < -0.3 is 10.0 Å². The molecule has 1 aliphatic rings. The molecule has 1 heterocycles. The van der Waals surface area contributed by atoms with Gasteiger partial charge in [-0.25, -0.2) is 9.18 Å². The molecule has 4 nitrogen and oxygen atoms in total. The van der Waals surface area contributed by atoms with Gasteiger partial charge in [0.25, 0.3) is 0 Å². The molecule has 0 aliphatic carbocycles. The van der Waals surface area contributed by atoms with Crippen LogP contribution in [0.5, 0.6) is 0 Å². The summed E-state index contributed by atoms with van der Waals surface area (Å²) in [5.41, 5.74) is -0.409. The highest BCUT2D eigenvalue weighted by atomic mass is 79.9. The van der Waals surface area contributed by atoms with Crippen LogP contribution in [0.1, 0.15) is 23.2 Å². The Hall–Kier alpha value is -1.43. The van der Waals surface area contributed by atoms with Gasteiger partial charge in [-0.3, -0.25) is 4.79 Å². The minimum absolute atomic E-state index is 0.0271. The largest absolute Gasteiger partial charge is 0.478 e. The van der Waals surface area contributed by atoms with E-state index in [2.05, 4.69) is 15.9 Å². The predicted molar refractivity (Wildman–Crippen MR) is 62.6 cm³/mol. The fourth-order valence-electron chi connectivity index (χ4n) is 1.83. The Kier molecular flexibility index (Phi) is 3.15. The number of nitrogens with zero attached hydrogens (tertiary/aromatic N) is 1. The standard InChI is InChI=1S/C11H9BrFNO3/c12-6-4-7(11(16)17)10(13)8(5-6)14-3-1-2-9(14)15/h4-5H,1-3H2,(H,16,17). The summed E-state index contributed by atoms with van der Waals surface area (Å²) in [5, 5.41) is 8.86. The fourth-order valence-corrected chi connectivity index (χ4v) is 2.28. The molecule has 1 fully saturated rings. The van der Waals surface area contributed by atoms with E-state index in [0.29, 0.717) is 23.9 Å². The molecule has 1 amide bonds. The second-order valence-electron chi connectivity index (χ2n) is 3.74. The number of carbonyl (C=O) groups is 2. The zero-order valence-corrected chi connectivity index (χ0v) is 10.3. The number of carboxylic acid groups (broad SMARTS) is 1. The van der Waals surface area contributed by atoms with E-state index >= 15 is 0 Å². The van der Waals surface area contributed by atoms with Crippen molar-refractivity contribution in [3.8, 4) is 0 Å². The van der Waals surface area contributed by atoms with Crippen LogP contribution >= 0.6 is 15.9 Å². The molecule has 0 radical (unpaired) electrons. The van der Waals surface area contributed by atoms with E-state index in [0.717, 1.165) is 0 Å². The molecule has 90 valence electrons. The summed E-state index contributed by atoms with van der Waals surface area (Å²) in [6.07, 6.45) is 1.03. The quantitative estimate of drug-likeness (QED) is 0.912. The average molecular weight is 302 g/mol. The van der Waals surface area contributed by atoms with Gasteiger partial charge in [-0.05, 0) is 18.6 Å². The topological polar surface area (TPSA) is 57.6 Å². The summed E-state index contributed by atoms with van der Waals surface area (Å²) in [7, 11) is 0. The minimum Gasteiger partial charge on any atom is -0.478 e. The first-order valence-corrected chi connectivity index (χ1v) is 5.82. The molecule has 0 spiro atoms. The number of amides is 1. The van der Waals surface area contributed by atoms with Gasteiger partial charge in [0.15, 0.2) is 5.82 Å². The first kappa shape index (κ1) is 12.0. The number of halogens is 2. The maximum absolute atomic E-state index is 13.9.